The number of hydrogen-bond acceptors (Lipinski definition) is 4. The fourth-order valence-electron chi connectivity index (χ4n) is 1.85. The average Bonchev–Trinajstić information content (AvgIpc) is 2.32. The molecule has 1 saturated heterocycles. The Morgan fingerprint density at radius 3 is 2.61 bits per heavy atom. The molecule has 0 saturated carbocycles. The Bertz CT molecular complexity index is 528. The van der Waals surface area contributed by atoms with Gasteiger partial charge in [0.05, 0.1) is 15.6 Å². The Morgan fingerprint density at radius 1 is 1.33 bits per heavy atom. The van der Waals surface area contributed by atoms with Gasteiger partial charge in [0, 0.05) is 6.04 Å². The number of nitrogens with two attached hydrogens (primary N) is 1. The third-order valence-corrected chi connectivity index (χ3v) is 5.14. The van der Waals surface area contributed by atoms with Gasteiger partial charge in [-0.15, -0.1) is 0 Å². The Kier molecular flexibility index (Phi) is 4.42. The van der Waals surface area contributed by atoms with E-state index in [2.05, 4.69) is 5.32 Å². The summed E-state index contributed by atoms with van der Waals surface area (Å²) in [7, 11) is -3.69. The third kappa shape index (κ3) is 3.54. The van der Waals surface area contributed by atoms with E-state index in [4.69, 9.17) is 16.7 Å². The lowest BCUT2D eigenvalue weighted by Crippen LogP contribution is -2.24. The zero-order valence-electron chi connectivity index (χ0n) is 9.73. The molecule has 100 valence electrons. The van der Waals surface area contributed by atoms with E-state index in [1.807, 2.05) is 11.8 Å². The number of nitrogens with one attached hydrogen (secondary N) is 1. The summed E-state index contributed by atoms with van der Waals surface area (Å²) in [5, 5.41) is 8.92. The van der Waals surface area contributed by atoms with Gasteiger partial charge in [-0.25, -0.2) is 13.6 Å². The van der Waals surface area contributed by atoms with Gasteiger partial charge < -0.3 is 5.32 Å². The van der Waals surface area contributed by atoms with Gasteiger partial charge in [0.2, 0.25) is 10.0 Å². The number of primary sulfonamides is 1. The van der Waals surface area contributed by atoms with E-state index >= 15 is 0 Å². The summed E-state index contributed by atoms with van der Waals surface area (Å²) in [6, 6.07) is 4.82. The maximum atomic E-state index is 11.3. The van der Waals surface area contributed by atoms with Crippen LogP contribution in [-0.2, 0) is 10.0 Å². The lowest BCUT2D eigenvalue weighted by Gasteiger charge is -2.24. The van der Waals surface area contributed by atoms with Crippen LogP contribution in [0.5, 0.6) is 0 Å². The second kappa shape index (κ2) is 5.69. The van der Waals surface area contributed by atoms with Crippen LogP contribution < -0.4 is 10.5 Å². The van der Waals surface area contributed by atoms with Crippen molar-refractivity contribution in [2.24, 2.45) is 5.14 Å². The molecule has 2 rings (SSSR count). The van der Waals surface area contributed by atoms with Crippen molar-refractivity contribution in [3.05, 3.63) is 23.2 Å². The number of hydrogen-bond donors (Lipinski definition) is 2. The van der Waals surface area contributed by atoms with Crippen molar-refractivity contribution in [3.8, 4) is 0 Å². The first-order chi connectivity index (χ1) is 8.47. The molecule has 0 radical (unpaired) electrons. The van der Waals surface area contributed by atoms with Crippen LogP contribution in [0.1, 0.15) is 12.8 Å². The fraction of sp³-hybridized carbons (Fsp3) is 0.455. The zero-order valence-corrected chi connectivity index (χ0v) is 12.1. The predicted molar refractivity (Wildman–Crippen MR) is 76.8 cm³/mol. The molecule has 1 fully saturated rings. The average molecular weight is 307 g/mol. The Labute approximate surface area is 116 Å². The van der Waals surface area contributed by atoms with Gasteiger partial charge in [-0.2, -0.15) is 11.8 Å². The highest BCUT2D eigenvalue weighted by molar-refractivity contribution is 7.99. The Balaban J connectivity index is 2.21. The minimum atomic E-state index is -3.69. The molecule has 1 aliphatic rings. The van der Waals surface area contributed by atoms with Gasteiger partial charge in [0.1, 0.15) is 0 Å². The van der Waals surface area contributed by atoms with E-state index in [0.717, 1.165) is 24.3 Å². The second-order valence-corrected chi connectivity index (χ2v) is 7.41. The molecule has 4 nitrogen and oxygen atoms in total. The number of halogens is 1. The molecule has 0 bridgehead atoms. The first-order valence-corrected chi connectivity index (χ1v) is 8.71. The van der Waals surface area contributed by atoms with Crippen LogP contribution in [0.4, 0.5) is 5.69 Å². The molecule has 3 N–H and O–H groups in total. The van der Waals surface area contributed by atoms with Crippen LogP contribution >= 0.6 is 23.4 Å². The fourth-order valence-corrected chi connectivity index (χ4v) is 3.67. The molecular formula is C11H15ClN2O2S2. The molecule has 1 aliphatic heterocycles. The zero-order chi connectivity index (χ0) is 13.2. The first-order valence-electron chi connectivity index (χ1n) is 5.63. The molecule has 1 aromatic carbocycles. The first kappa shape index (κ1) is 14.0. The number of rotatable bonds is 3. The topological polar surface area (TPSA) is 72.2 Å². The van der Waals surface area contributed by atoms with E-state index in [-0.39, 0.29) is 4.90 Å². The number of sulfonamides is 1. The molecule has 7 heteroatoms. The summed E-state index contributed by atoms with van der Waals surface area (Å²) >= 11 is 7.99. The van der Waals surface area contributed by atoms with E-state index in [0.29, 0.717) is 16.8 Å². The van der Waals surface area contributed by atoms with Gasteiger partial charge in [-0.05, 0) is 42.5 Å². The van der Waals surface area contributed by atoms with Crippen LogP contribution in [0.15, 0.2) is 23.1 Å². The normalized spacial score (nSPS) is 17.7. The second-order valence-electron chi connectivity index (χ2n) is 4.22. The van der Waals surface area contributed by atoms with Crippen molar-refractivity contribution in [2.45, 2.75) is 23.8 Å². The van der Waals surface area contributed by atoms with Crippen LogP contribution in [0.2, 0.25) is 5.02 Å². The SMILES string of the molecule is NS(=O)(=O)c1ccc(Cl)c(NC2CCSCC2)c1. The van der Waals surface area contributed by atoms with E-state index < -0.39 is 10.0 Å². The minimum Gasteiger partial charge on any atom is -0.381 e. The summed E-state index contributed by atoms with van der Waals surface area (Å²) in [6.07, 6.45) is 2.11. The molecule has 1 heterocycles. The van der Waals surface area contributed by atoms with E-state index in [1.165, 1.54) is 12.1 Å². The van der Waals surface area contributed by atoms with Crippen LogP contribution in [0.3, 0.4) is 0 Å². The largest absolute Gasteiger partial charge is 0.381 e. The van der Waals surface area contributed by atoms with Gasteiger partial charge in [-0.1, -0.05) is 11.6 Å². The molecular weight excluding hydrogens is 292 g/mol. The van der Waals surface area contributed by atoms with Crippen molar-refractivity contribution >= 4 is 39.1 Å². The third-order valence-electron chi connectivity index (χ3n) is 2.85. The van der Waals surface area contributed by atoms with Crippen LogP contribution in [-0.4, -0.2) is 26.0 Å². The maximum absolute atomic E-state index is 11.3. The standard InChI is InChI=1S/C11H15ClN2O2S2/c12-10-2-1-9(18(13,15)16)7-11(10)14-8-3-5-17-6-4-8/h1-2,7-8,14H,3-6H2,(H2,13,15,16). The van der Waals surface area contributed by atoms with Gasteiger partial charge in [0.25, 0.3) is 0 Å². The van der Waals surface area contributed by atoms with Crippen molar-refractivity contribution in [1.82, 2.24) is 0 Å². The van der Waals surface area contributed by atoms with Gasteiger partial charge in [-0.3, -0.25) is 0 Å². The van der Waals surface area contributed by atoms with Crippen molar-refractivity contribution in [1.29, 1.82) is 0 Å². The van der Waals surface area contributed by atoms with Crippen LogP contribution in [0, 0.1) is 0 Å². The van der Waals surface area contributed by atoms with Crippen LogP contribution in [0.25, 0.3) is 0 Å². The Hall–Kier alpha value is -0.430. The predicted octanol–water partition coefficient (Wildman–Crippen LogP) is 2.29. The molecule has 0 aliphatic carbocycles. The molecule has 18 heavy (non-hydrogen) atoms. The molecule has 0 aromatic heterocycles. The smallest absolute Gasteiger partial charge is 0.238 e. The molecule has 0 atom stereocenters. The van der Waals surface area contributed by atoms with Crippen molar-refractivity contribution in [2.75, 3.05) is 16.8 Å². The molecule has 0 amide bonds. The minimum absolute atomic E-state index is 0.0829. The summed E-state index contributed by atoms with van der Waals surface area (Å²) in [5.41, 5.74) is 0.639. The number of anilines is 1. The quantitative estimate of drug-likeness (QED) is 0.899. The highest BCUT2D eigenvalue weighted by Crippen LogP contribution is 2.28. The summed E-state index contributed by atoms with van der Waals surface area (Å²) in [4.78, 5) is 0.0829. The lowest BCUT2D eigenvalue weighted by molar-refractivity contribution is 0.597. The maximum Gasteiger partial charge on any atom is 0.238 e. The van der Waals surface area contributed by atoms with Gasteiger partial charge >= 0.3 is 0 Å². The summed E-state index contributed by atoms with van der Waals surface area (Å²) in [6.45, 7) is 0. The van der Waals surface area contributed by atoms with Crippen molar-refractivity contribution in [3.63, 3.8) is 0 Å². The molecule has 0 spiro atoms. The van der Waals surface area contributed by atoms with E-state index in [9.17, 15) is 8.42 Å². The summed E-state index contributed by atoms with van der Waals surface area (Å²) in [5.74, 6) is 2.23. The highest BCUT2D eigenvalue weighted by atomic mass is 35.5. The lowest BCUT2D eigenvalue weighted by atomic mass is 10.1. The molecule has 1 aromatic rings. The Morgan fingerprint density at radius 2 is 2.00 bits per heavy atom. The van der Waals surface area contributed by atoms with Crippen molar-refractivity contribution < 1.29 is 8.42 Å². The monoisotopic (exact) mass is 306 g/mol. The number of benzene rings is 1. The van der Waals surface area contributed by atoms with E-state index in [1.54, 1.807) is 6.07 Å². The molecule has 0 unspecified atom stereocenters. The number of thioether (sulfide) groups is 1. The van der Waals surface area contributed by atoms with Gasteiger partial charge in [0.15, 0.2) is 0 Å². The summed E-state index contributed by atoms with van der Waals surface area (Å²) < 4.78 is 22.6. The highest BCUT2D eigenvalue weighted by Gasteiger charge is 2.16.